The molecule has 5 heteroatoms. The third kappa shape index (κ3) is 1.54. The van der Waals surface area contributed by atoms with E-state index < -0.39 is 5.97 Å². The fourth-order valence-electron chi connectivity index (χ4n) is 5.15. The lowest BCUT2D eigenvalue weighted by atomic mass is 9.54. The number of carbonyl (C=O) groups is 1. The van der Waals surface area contributed by atoms with Gasteiger partial charge in [0.25, 0.3) is 0 Å². The predicted molar refractivity (Wildman–Crippen MR) is 70.0 cm³/mol. The average molecular weight is 271 g/mol. The van der Waals surface area contributed by atoms with Crippen LogP contribution in [-0.2, 0) is 0 Å². The molecule has 104 valence electrons. The smallest absolute Gasteiger partial charge is 0.340 e. The van der Waals surface area contributed by atoms with Crippen molar-refractivity contribution in [1.29, 1.82) is 5.26 Å². The number of aromatic carboxylic acids is 1. The molecule has 4 aliphatic carbocycles. The van der Waals surface area contributed by atoms with Gasteiger partial charge in [0.2, 0.25) is 0 Å². The van der Waals surface area contributed by atoms with Gasteiger partial charge < -0.3 is 5.11 Å². The first-order chi connectivity index (χ1) is 9.67. The van der Waals surface area contributed by atoms with E-state index in [1.165, 1.54) is 38.3 Å². The van der Waals surface area contributed by atoms with Crippen LogP contribution in [0.25, 0.3) is 0 Å². The lowest BCUT2D eigenvalue weighted by Crippen LogP contribution is -2.46. The summed E-state index contributed by atoms with van der Waals surface area (Å²) in [6.07, 6.45) is 7.63. The number of aromatic nitrogens is 2. The van der Waals surface area contributed by atoms with Gasteiger partial charge in [0.15, 0.2) is 5.69 Å². The van der Waals surface area contributed by atoms with Crippen molar-refractivity contribution in [2.75, 3.05) is 0 Å². The third-order valence-electron chi connectivity index (χ3n) is 5.59. The molecule has 1 aromatic rings. The second-order valence-corrected chi connectivity index (χ2v) is 6.69. The first kappa shape index (κ1) is 12.0. The minimum Gasteiger partial charge on any atom is -0.478 e. The molecule has 20 heavy (non-hydrogen) atoms. The highest BCUT2D eigenvalue weighted by Crippen LogP contribution is 2.58. The zero-order valence-corrected chi connectivity index (χ0v) is 11.2. The van der Waals surface area contributed by atoms with Crippen LogP contribution in [0.5, 0.6) is 0 Å². The largest absolute Gasteiger partial charge is 0.478 e. The number of nitriles is 1. The molecular formula is C15H17N3O2. The highest BCUT2D eigenvalue weighted by Gasteiger charge is 2.49. The summed E-state index contributed by atoms with van der Waals surface area (Å²) in [4.78, 5) is 11.2. The minimum absolute atomic E-state index is 0.0429. The number of carboxylic acids is 1. The highest BCUT2D eigenvalue weighted by molar-refractivity contribution is 5.89. The van der Waals surface area contributed by atoms with Crippen molar-refractivity contribution in [2.45, 2.75) is 38.1 Å². The standard InChI is InChI=1S/C15H17N3O2/c16-6-13-12(15(19)20)7-17-18(13)14-10-2-8-1-9(4-10)5-11(14)3-8/h7-11,14H,1-5H2,(H,19,20). The number of rotatable bonds is 2. The van der Waals surface area contributed by atoms with E-state index >= 15 is 0 Å². The van der Waals surface area contributed by atoms with Crippen LogP contribution in [0.1, 0.15) is 54.2 Å². The maximum atomic E-state index is 11.2. The molecule has 0 atom stereocenters. The Bertz CT molecular complexity index is 585. The van der Waals surface area contributed by atoms with Crippen molar-refractivity contribution in [1.82, 2.24) is 9.78 Å². The monoisotopic (exact) mass is 271 g/mol. The molecule has 0 saturated heterocycles. The van der Waals surface area contributed by atoms with Crippen LogP contribution in [-0.4, -0.2) is 20.9 Å². The molecule has 1 N–H and O–H groups in total. The summed E-state index contributed by atoms with van der Waals surface area (Å²) in [6.45, 7) is 0. The van der Waals surface area contributed by atoms with Crippen LogP contribution in [0.15, 0.2) is 6.20 Å². The lowest BCUT2D eigenvalue weighted by molar-refractivity contribution is -0.0339. The normalized spacial score (nSPS) is 37.9. The molecule has 5 rings (SSSR count). The van der Waals surface area contributed by atoms with Crippen LogP contribution in [0, 0.1) is 35.0 Å². The molecule has 1 aromatic heterocycles. The SMILES string of the molecule is N#Cc1c(C(=O)O)cnn1C1C2CC3CC(C2)CC1C3. The molecule has 4 bridgehead atoms. The molecule has 4 aliphatic rings. The van der Waals surface area contributed by atoms with Gasteiger partial charge in [0, 0.05) is 0 Å². The van der Waals surface area contributed by atoms with Crippen LogP contribution in [0.2, 0.25) is 0 Å². The van der Waals surface area contributed by atoms with E-state index in [0.29, 0.717) is 11.8 Å². The minimum atomic E-state index is -1.06. The van der Waals surface area contributed by atoms with Crippen LogP contribution in [0.4, 0.5) is 0 Å². The lowest BCUT2D eigenvalue weighted by Gasteiger charge is -2.54. The fourth-order valence-corrected chi connectivity index (χ4v) is 5.15. The highest BCUT2D eigenvalue weighted by atomic mass is 16.4. The van der Waals surface area contributed by atoms with Crippen molar-refractivity contribution in [3.05, 3.63) is 17.5 Å². The number of carboxylic acid groups (broad SMARTS) is 1. The summed E-state index contributed by atoms with van der Waals surface area (Å²) in [6, 6.07) is 2.30. The third-order valence-corrected chi connectivity index (χ3v) is 5.59. The van der Waals surface area contributed by atoms with Crippen LogP contribution in [0.3, 0.4) is 0 Å². The van der Waals surface area contributed by atoms with E-state index in [9.17, 15) is 10.1 Å². The van der Waals surface area contributed by atoms with Crippen molar-refractivity contribution in [3.63, 3.8) is 0 Å². The van der Waals surface area contributed by atoms with Crippen LogP contribution >= 0.6 is 0 Å². The Labute approximate surface area is 117 Å². The van der Waals surface area contributed by atoms with Crippen LogP contribution < -0.4 is 0 Å². The van der Waals surface area contributed by atoms with Gasteiger partial charge in [0.05, 0.1) is 12.2 Å². The Hall–Kier alpha value is -1.83. The Kier molecular flexibility index (Phi) is 2.44. The van der Waals surface area contributed by atoms with Gasteiger partial charge in [-0.2, -0.15) is 10.4 Å². The van der Waals surface area contributed by atoms with Crippen molar-refractivity contribution in [3.8, 4) is 6.07 Å². The van der Waals surface area contributed by atoms with Gasteiger partial charge in [-0.1, -0.05) is 0 Å². The molecule has 1 heterocycles. The average Bonchev–Trinajstić information content (AvgIpc) is 2.81. The van der Waals surface area contributed by atoms with E-state index in [4.69, 9.17) is 5.11 Å². The topological polar surface area (TPSA) is 78.9 Å². The number of hydrogen-bond acceptors (Lipinski definition) is 3. The molecule has 0 amide bonds. The van der Waals surface area contributed by atoms with Gasteiger partial charge in [-0.05, 0) is 55.8 Å². The summed E-state index contributed by atoms with van der Waals surface area (Å²) in [5, 5.41) is 22.7. The Morgan fingerprint density at radius 2 is 1.85 bits per heavy atom. The molecular weight excluding hydrogens is 254 g/mol. The molecule has 4 fully saturated rings. The van der Waals surface area contributed by atoms with E-state index in [1.54, 1.807) is 4.68 Å². The molecule has 0 aromatic carbocycles. The summed E-state index contributed by atoms with van der Waals surface area (Å²) < 4.78 is 1.73. The number of hydrogen-bond donors (Lipinski definition) is 1. The fraction of sp³-hybridized carbons (Fsp3) is 0.667. The molecule has 0 radical (unpaired) electrons. The van der Waals surface area contributed by atoms with Gasteiger partial charge in [-0.15, -0.1) is 0 Å². The van der Waals surface area contributed by atoms with E-state index in [1.807, 2.05) is 0 Å². The van der Waals surface area contributed by atoms with E-state index in [-0.39, 0.29) is 17.3 Å². The molecule has 0 aliphatic heterocycles. The summed E-state index contributed by atoms with van der Waals surface area (Å²) in [5.41, 5.74) is 0.274. The Morgan fingerprint density at radius 1 is 1.25 bits per heavy atom. The predicted octanol–water partition coefficient (Wildman–Crippen LogP) is 2.45. The van der Waals surface area contributed by atoms with Crippen molar-refractivity contribution < 1.29 is 9.90 Å². The quantitative estimate of drug-likeness (QED) is 0.896. The molecule has 4 saturated carbocycles. The Balaban J connectivity index is 1.75. The maximum absolute atomic E-state index is 11.2. The summed E-state index contributed by atoms with van der Waals surface area (Å²) in [5.74, 6) is 1.82. The summed E-state index contributed by atoms with van der Waals surface area (Å²) >= 11 is 0. The molecule has 0 spiro atoms. The Morgan fingerprint density at radius 3 is 2.35 bits per heavy atom. The maximum Gasteiger partial charge on any atom is 0.340 e. The molecule has 5 nitrogen and oxygen atoms in total. The first-order valence-electron chi connectivity index (χ1n) is 7.38. The van der Waals surface area contributed by atoms with E-state index in [2.05, 4.69) is 11.2 Å². The molecule has 0 unspecified atom stereocenters. The van der Waals surface area contributed by atoms with Gasteiger partial charge in [0.1, 0.15) is 11.6 Å². The van der Waals surface area contributed by atoms with Crippen molar-refractivity contribution >= 4 is 5.97 Å². The first-order valence-corrected chi connectivity index (χ1v) is 7.38. The second-order valence-electron chi connectivity index (χ2n) is 6.69. The van der Waals surface area contributed by atoms with Gasteiger partial charge in [-0.3, -0.25) is 4.68 Å². The van der Waals surface area contributed by atoms with Crippen molar-refractivity contribution in [2.24, 2.45) is 23.7 Å². The zero-order valence-electron chi connectivity index (χ0n) is 11.2. The van der Waals surface area contributed by atoms with Gasteiger partial charge >= 0.3 is 5.97 Å². The number of nitrogens with zero attached hydrogens (tertiary/aromatic N) is 3. The summed E-state index contributed by atoms with van der Waals surface area (Å²) in [7, 11) is 0. The zero-order chi connectivity index (χ0) is 13.9. The second kappa shape index (κ2) is 4.08. The van der Waals surface area contributed by atoms with E-state index in [0.717, 1.165) is 11.8 Å². The van der Waals surface area contributed by atoms with Gasteiger partial charge in [-0.25, -0.2) is 4.79 Å².